The maximum atomic E-state index is 13.7. The van der Waals surface area contributed by atoms with E-state index in [4.69, 9.17) is 20.1 Å². The van der Waals surface area contributed by atoms with Crippen molar-refractivity contribution in [1.29, 1.82) is 0 Å². The van der Waals surface area contributed by atoms with Crippen molar-refractivity contribution in [2.75, 3.05) is 0 Å². The molecule has 1 amide bonds. The molecule has 1 unspecified atom stereocenters. The molecule has 0 aromatic heterocycles. The van der Waals surface area contributed by atoms with Gasteiger partial charge in [-0.2, -0.15) is 13.2 Å². The third kappa shape index (κ3) is 4.64. The first-order valence-electron chi connectivity index (χ1n) is 7.60. The van der Waals surface area contributed by atoms with Crippen LogP contribution in [0.2, 0.25) is 0 Å². The smallest absolute Gasteiger partial charge is 0.426 e. The van der Waals surface area contributed by atoms with E-state index in [0.717, 1.165) is 0 Å². The minimum absolute atomic E-state index is 0.0198. The fourth-order valence-electron chi connectivity index (χ4n) is 2.43. The number of rotatable bonds is 8. The Morgan fingerprint density at radius 1 is 1.20 bits per heavy atom. The Labute approximate surface area is 142 Å². The monoisotopic (exact) mass is 360 g/mol. The van der Waals surface area contributed by atoms with Crippen molar-refractivity contribution in [3.05, 3.63) is 48.4 Å². The molecule has 0 spiro atoms. The normalized spacial score (nSPS) is 16.8. The van der Waals surface area contributed by atoms with Crippen molar-refractivity contribution >= 4 is 5.91 Å². The van der Waals surface area contributed by atoms with E-state index < -0.39 is 30.4 Å². The first-order chi connectivity index (χ1) is 11.9. The topological polar surface area (TPSA) is 82.8 Å². The maximum absolute atomic E-state index is 13.7. The van der Waals surface area contributed by atoms with Crippen molar-refractivity contribution in [2.24, 2.45) is 5.84 Å². The van der Waals surface area contributed by atoms with Gasteiger partial charge in [-0.15, -0.1) is 0 Å². The second-order valence-electron chi connectivity index (χ2n) is 5.44. The van der Waals surface area contributed by atoms with Crippen LogP contribution in [0.25, 0.3) is 0 Å². The van der Waals surface area contributed by atoms with Crippen molar-refractivity contribution in [3.8, 4) is 0 Å². The van der Waals surface area contributed by atoms with Gasteiger partial charge < -0.3 is 14.2 Å². The number of nitrogens with two attached hydrogens (primary N) is 1. The molecule has 1 aliphatic heterocycles. The van der Waals surface area contributed by atoms with Crippen LogP contribution in [0.5, 0.6) is 0 Å². The molecule has 0 fully saturated rings. The van der Waals surface area contributed by atoms with Crippen LogP contribution in [0.1, 0.15) is 24.8 Å². The van der Waals surface area contributed by atoms with Gasteiger partial charge in [-0.05, 0) is 18.4 Å². The van der Waals surface area contributed by atoms with Crippen LogP contribution in [-0.2, 0) is 25.6 Å². The molecule has 3 N–H and O–H groups in total. The van der Waals surface area contributed by atoms with Gasteiger partial charge in [-0.25, -0.2) is 5.84 Å². The average Bonchev–Trinajstić information content (AvgIpc) is 3.10. The van der Waals surface area contributed by atoms with E-state index >= 15 is 0 Å². The van der Waals surface area contributed by atoms with Crippen LogP contribution in [0.15, 0.2) is 42.9 Å². The van der Waals surface area contributed by atoms with Crippen LogP contribution in [-0.4, -0.2) is 24.0 Å². The summed E-state index contributed by atoms with van der Waals surface area (Å²) < 4.78 is 56.2. The van der Waals surface area contributed by atoms with Crippen LogP contribution in [0.4, 0.5) is 13.2 Å². The van der Waals surface area contributed by atoms with E-state index in [1.807, 2.05) is 0 Å². The van der Waals surface area contributed by atoms with Gasteiger partial charge in [-0.3, -0.25) is 10.2 Å². The molecule has 2 rings (SSSR count). The second kappa shape index (κ2) is 8.21. The van der Waals surface area contributed by atoms with Gasteiger partial charge in [0.25, 0.3) is 5.91 Å². The van der Waals surface area contributed by atoms with Crippen LogP contribution < -0.4 is 11.3 Å². The van der Waals surface area contributed by atoms with Crippen LogP contribution >= 0.6 is 0 Å². The molecule has 0 aliphatic carbocycles. The lowest BCUT2D eigenvalue weighted by Gasteiger charge is -2.34. The van der Waals surface area contributed by atoms with Crippen molar-refractivity contribution in [1.82, 2.24) is 5.43 Å². The molecule has 25 heavy (non-hydrogen) atoms. The summed E-state index contributed by atoms with van der Waals surface area (Å²) in [5, 5.41) is 0. The number of halogens is 3. The Hall–Kier alpha value is -2.26. The first-order valence-corrected chi connectivity index (χ1v) is 7.60. The Kier molecular flexibility index (Phi) is 6.27. The highest BCUT2D eigenvalue weighted by molar-refractivity contribution is 5.85. The number of nitrogens with one attached hydrogen (secondary N) is 1. The zero-order valence-corrected chi connectivity index (χ0v) is 13.3. The quantitative estimate of drug-likeness (QED) is 0.423. The lowest BCUT2D eigenvalue weighted by Crippen LogP contribution is -2.60. The van der Waals surface area contributed by atoms with E-state index in [9.17, 15) is 18.0 Å². The van der Waals surface area contributed by atoms with Gasteiger partial charge in [0.1, 0.15) is 12.5 Å². The Morgan fingerprint density at radius 2 is 1.84 bits per heavy atom. The number of benzene rings is 1. The molecule has 0 saturated heterocycles. The molecule has 0 radical (unpaired) electrons. The standard InChI is InChI=1S/C16H19F3N2O4/c17-16(18,19)15(14(22)21-20,8-4-7-13-23-9-10-24-13)25-11-12-5-2-1-3-6-12/h1-3,5-6,9-10,13H,4,7-8,11,20H2,(H,21,22). The largest absolute Gasteiger partial charge is 0.459 e. The summed E-state index contributed by atoms with van der Waals surface area (Å²) in [5.74, 6) is 3.54. The van der Waals surface area contributed by atoms with Gasteiger partial charge in [0, 0.05) is 6.42 Å². The predicted molar refractivity (Wildman–Crippen MR) is 81.3 cm³/mol. The minimum atomic E-state index is -4.94. The maximum Gasteiger partial charge on any atom is 0.426 e. The molecule has 1 aromatic rings. The summed E-state index contributed by atoms with van der Waals surface area (Å²) >= 11 is 0. The highest BCUT2D eigenvalue weighted by atomic mass is 19.4. The van der Waals surface area contributed by atoms with Gasteiger partial charge in [0.05, 0.1) is 6.61 Å². The molecule has 1 aliphatic rings. The number of hydrogen-bond donors (Lipinski definition) is 2. The first kappa shape index (κ1) is 19.1. The van der Waals surface area contributed by atoms with E-state index in [0.29, 0.717) is 5.56 Å². The average molecular weight is 360 g/mol. The zero-order valence-electron chi connectivity index (χ0n) is 13.3. The van der Waals surface area contributed by atoms with Crippen molar-refractivity contribution < 1.29 is 32.2 Å². The third-order valence-corrected chi connectivity index (χ3v) is 3.77. The molecule has 6 nitrogen and oxygen atoms in total. The molecule has 0 bridgehead atoms. The van der Waals surface area contributed by atoms with Crippen LogP contribution in [0, 0.1) is 0 Å². The Bertz CT molecular complexity index is 587. The molecule has 0 saturated carbocycles. The van der Waals surface area contributed by atoms with E-state index in [1.54, 1.807) is 35.8 Å². The summed E-state index contributed by atoms with van der Waals surface area (Å²) in [6.07, 6.45) is -3.47. The van der Waals surface area contributed by atoms with E-state index in [-0.39, 0.29) is 19.4 Å². The summed E-state index contributed by atoms with van der Waals surface area (Å²) in [7, 11) is 0. The fourth-order valence-corrected chi connectivity index (χ4v) is 2.43. The number of ether oxygens (including phenoxy) is 3. The summed E-state index contributed by atoms with van der Waals surface area (Å²) in [5.41, 5.74) is -0.977. The molecule has 1 heterocycles. The Balaban J connectivity index is 2.11. The number of alkyl halides is 3. The lowest BCUT2D eigenvalue weighted by molar-refractivity contribution is -0.273. The van der Waals surface area contributed by atoms with Crippen molar-refractivity contribution in [3.63, 3.8) is 0 Å². The lowest BCUT2D eigenvalue weighted by atomic mass is 9.94. The van der Waals surface area contributed by atoms with Gasteiger partial charge >= 0.3 is 6.18 Å². The summed E-state index contributed by atoms with van der Waals surface area (Å²) in [6, 6.07) is 8.26. The molecule has 9 heteroatoms. The summed E-state index contributed by atoms with van der Waals surface area (Å²) in [4.78, 5) is 12.0. The zero-order chi connectivity index (χ0) is 18.3. The van der Waals surface area contributed by atoms with E-state index in [1.165, 1.54) is 12.5 Å². The highest BCUT2D eigenvalue weighted by Crippen LogP contribution is 2.39. The minimum Gasteiger partial charge on any atom is -0.459 e. The van der Waals surface area contributed by atoms with Crippen LogP contribution in [0.3, 0.4) is 0 Å². The molecular formula is C16H19F3N2O4. The number of hydrazine groups is 1. The van der Waals surface area contributed by atoms with Gasteiger partial charge in [-0.1, -0.05) is 30.3 Å². The number of amides is 1. The number of hydrogen-bond acceptors (Lipinski definition) is 5. The number of carbonyl (C=O) groups excluding carboxylic acids is 1. The highest BCUT2D eigenvalue weighted by Gasteiger charge is 2.61. The van der Waals surface area contributed by atoms with Crippen molar-refractivity contribution in [2.45, 2.75) is 43.9 Å². The fraction of sp³-hybridized carbons (Fsp3) is 0.438. The Morgan fingerprint density at radius 3 is 2.40 bits per heavy atom. The molecule has 1 aromatic carbocycles. The predicted octanol–water partition coefficient (Wildman–Crippen LogP) is 2.51. The second-order valence-corrected chi connectivity index (χ2v) is 5.44. The summed E-state index contributed by atoms with van der Waals surface area (Å²) in [6.45, 7) is -0.383. The SMILES string of the molecule is NNC(=O)C(CCCC1OC=CO1)(OCc1ccccc1)C(F)(F)F. The molecular weight excluding hydrogens is 341 g/mol. The number of carbonyl (C=O) groups is 1. The third-order valence-electron chi connectivity index (χ3n) is 3.77. The van der Waals surface area contributed by atoms with Gasteiger partial charge in [0.15, 0.2) is 0 Å². The van der Waals surface area contributed by atoms with Gasteiger partial charge in [0.2, 0.25) is 11.9 Å². The molecule has 138 valence electrons. The van der Waals surface area contributed by atoms with E-state index in [2.05, 4.69) is 0 Å². The molecule has 1 atom stereocenters.